The topological polar surface area (TPSA) is 79.0 Å². The molecule has 5 rings (SSSR count). The van der Waals surface area contributed by atoms with Gasteiger partial charge in [0.1, 0.15) is 5.82 Å². The van der Waals surface area contributed by atoms with Crippen molar-refractivity contribution in [1.82, 2.24) is 10.2 Å². The number of benzene rings is 2. The van der Waals surface area contributed by atoms with E-state index in [1.807, 2.05) is 19.9 Å². The molecule has 2 aromatic rings. The minimum absolute atomic E-state index is 0.00995. The molecule has 0 radical (unpaired) electrons. The summed E-state index contributed by atoms with van der Waals surface area (Å²) in [4.78, 5) is 42.9. The first-order valence-electron chi connectivity index (χ1n) is 12.6. The number of carbonyl (C=O) groups excluding carboxylic acids is 3. The normalized spacial score (nSPS) is 23.5. The molecule has 2 atom stereocenters. The molecule has 190 valence electrons. The number of hydrogen-bond acceptors (Lipinski definition) is 5. The van der Waals surface area contributed by atoms with E-state index >= 15 is 0 Å². The van der Waals surface area contributed by atoms with Gasteiger partial charge in [-0.2, -0.15) is 0 Å². The zero-order valence-electron chi connectivity index (χ0n) is 20.8. The lowest BCUT2D eigenvalue weighted by atomic mass is 9.91. The van der Waals surface area contributed by atoms with Crippen molar-refractivity contribution in [2.45, 2.75) is 57.7 Å². The van der Waals surface area contributed by atoms with Crippen LogP contribution in [0.4, 0.5) is 10.1 Å². The van der Waals surface area contributed by atoms with Gasteiger partial charge in [-0.15, -0.1) is 0 Å². The van der Waals surface area contributed by atoms with Gasteiger partial charge >= 0.3 is 0 Å². The van der Waals surface area contributed by atoms with E-state index in [2.05, 4.69) is 10.2 Å². The molecule has 3 aliphatic rings. The second-order valence-corrected chi connectivity index (χ2v) is 10.6. The predicted octanol–water partition coefficient (Wildman–Crippen LogP) is 3.91. The molecule has 8 heteroatoms. The molecule has 0 aliphatic carbocycles. The molecule has 3 heterocycles. The Hall–Kier alpha value is -3.26. The first-order valence-corrected chi connectivity index (χ1v) is 12.6. The quantitative estimate of drug-likeness (QED) is 0.639. The highest BCUT2D eigenvalue weighted by atomic mass is 19.1. The number of carbonyl (C=O) groups is 3. The molecule has 36 heavy (non-hydrogen) atoms. The Morgan fingerprint density at radius 1 is 1.14 bits per heavy atom. The Morgan fingerprint density at radius 2 is 1.94 bits per heavy atom. The SMILES string of the molecule is CC1(C)C[C@H](NC(=O)[C@@H]2CCCN(c3cccc4c3C(=O)N(Cc3cccc(F)c3)C4=O)C2)CCO1. The molecule has 2 saturated heterocycles. The van der Waals surface area contributed by atoms with Crippen molar-refractivity contribution in [3.05, 3.63) is 65.0 Å². The molecule has 2 fully saturated rings. The summed E-state index contributed by atoms with van der Waals surface area (Å²) in [5.41, 5.74) is 1.70. The van der Waals surface area contributed by atoms with Gasteiger partial charge in [0.2, 0.25) is 5.91 Å². The Morgan fingerprint density at radius 3 is 2.72 bits per heavy atom. The highest BCUT2D eigenvalue weighted by Gasteiger charge is 2.40. The second-order valence-electron chi connectivity index (χ2n) is 10.6. The fourth-order valence-electron chi connectivity index (χ4n) is 5.62. The third-order valence-corrected chi connectivity index (χ3v) is 7.38. The number of nitrogens with one attached hydrogen (secondary N) is 1. The number of hydrogen-bond donors (Lipinski definition) is 1. The predicted molar refractivity (Wildman–Crippen MR) is 133 cm³/mol. The number of halogens is 1. The summed E-state index contributed by atoms with van der Waals surface area (Å²) in [5.74, 6) is -1.34. The monoisotopic (exact) mass is 493 g/mol. The minimum Gasteiger partial charge on any atom is -0.375 e. The van der Waals surface area contributed by atoms with Gasteiger partial charge in [-0.3, -0.25) is 19.3 Å². The summed E-state index contributed by atoms with van der Waals surface area (Å²) in [7, 11) is 0. The van der Waals surface area contributed by atoms with Crippen LogP contribution in [-0.4, -0.2) is 54.0 Å². The number of rotatable bonds is 5. The van der Waals surface area contributed by atoms with Crippen molar-refractivity contribution in [2.75, 3.05) is 24.6 Å². The molecule has 0 bridgehead atoms. The maximum Gasteiger partial charge on any atom is 0.263 e. The van der Waals surface area contributed by atoms with Gasteiger partial charge in [0.25, 0.3) is 11.8 Å². The third-order valence-electron chi connectivity index (χ3n) is 7.38. The lowest BCUT2D eigenvalue weighted by Gasteiger charge is -2.38. The van der Waals surface area contributed by atoms with E-state index in [-0.39, 0.29) is 41.8 Å². The Kier molecular flexibility index (Phi) is 6.55. The highest BCUT2D eigenvalue weighted by molar-refractivity contribution is 6.23. The maximum atomic E-state index is 13.7. The molecule has 3 aliphatic heterocycles. The Labute approximate surface area is 210 Å². The van der Waals surface area contributed by atoms with E-state index in [1.54, 1.807) is 24.3 Å². The average molecular weight is 494 g/mol. The summed E-state index contributed by atoms with van der Waals surface area (Å²) in [5, 5.41) is 3.22. The molecular weight excluding hydrogens is 461 g/mol. The molecule has 7 nitrogen and oxygen atoms in total. The van der Waals surface area contributed by atoms with Crippen LogP contribution < -0.4 is 10.2 Å². The average Bonchev–Trinajstić information content (AvgIpc) is 3.08. The van der Waals surface area contributed by atoms with Crippen LogP contribution in [0.15, 0.2) is 42.5 Å². The maximum absolute atomic E-state index is 13.7. The fourth-order valence-corrected chi connectivity index (χ4v) is 5.62. The van der Waals surface area contributed by atoms with E-state index < -0.39 is 5.82 Å². The molecule has 0 saturated carbocycles. The first-order chi connectivity index (χ1) is 17.2. The number of amides is 3. The zero-order valence-corrected chi connectivity index (χ0v) is 20.8. The Bertz CT molecular complexity index is 1200. The van der Waals surface area contributed by atoms with Crippen LogP contribution in [0.2, 0.25) is 0 Å². The number of imide groups is 1. The van der Waals surface area contributed by atoms with Crippen LogP contribution in [0.25, 0.3) is 0 Å². The Balaban J connectivity index is 1.32. The third kappa shape index (κ3) is 4.87. The van der Waals surface area contributed by atoms with E-state index in [4.69, 9.17) is 4.74 Å². The molecular formula is C28H32FN3O4. The second kappa shape index (κ2) is 9.65. The van der Waals surface area contributed by atoms with Crippen molar-refractivity contribution < 1.29 is 23.5 Å². The van der Waals surface area contributed by atoms with E-state index in [0.717, 1.165) is 25.7 Å². The van der Waals surface area contributed by atoms with Gasteiger partial charge in [0, 0.05) is 25.7 Å². The van der Waals surface area contributed by atoms with Gasteiger partial charge in [0.15, 0.2) is 0 Å². The van der Waals surface area contributed by atoms with Gasteiger partial charge in [-0.25, -0.2) is 4.39 Å². The zero-order chi connectivity index (χ0) is 25.4. The summed E-state index contributed by atoms with van der Waals surface area (Å²) in [6.07, 6.45) is 3.17. The smallest absolute Gasteiger partial charge is 0.263 e. The van der Waals surface area contributed by atoms with Crippen LogP contribution in [0.3, 0.4) is 0 Å². The van der Waals surface area contributed by atoms with Gasteiger partial charge in [0.05, 0.1) is 34.9 Å². The van der Waals surface area contributed by atoms with Gasteiger partial charge < -0.3 is 15.0 Å². The number of nitrogens with zero attached hydrogens (tertiary/aromatic N) is 2. The van der Waals surface area contributed by atoms with Crippen molar-refractivity contribution in [1.29, 1.82) is 0 Å². The van der Waals surface area contributed by atoms with Crippen LogP contribution in [-0.2, 0) is 16.1 Å². The molecule has 3 amide bonds. The number of fused-ring (bicyclic) bond motifs is 1. The van der Waals surface area contributed by atoms with Crippen LogP contribution in [0, 0.1) is 11.7 Å². The number of piperidine rings is 1. The summed E-state index contributed by atoms with van der Waals surface area (Å²) >= 11 is 0. The van der Waals surface area contributed by atoms with Crippen LogP contribution in [0.5, 0.6) is 0 Å². The molecule has 0 unspecified atom stereocenters. The standard InChI is InChI=1S/C28H32FN3O4/c1-28(2)15-21(11-13-36-28)30-25(33)19-7-5-12-31(17-19)23-10-4-9-22-24(23)27(35)32(26(22)34)16-18-6-3-8-20(29)14-18/h3-4,6,8-10,14,19,21H,5,7,11-13,15-17H2,1-2H3,(H,30,33)/t19-,21-/m1/s1. The lowest BCUT2D eigenvalue weighted by molar-refractivity contribution is -0.128. The van der Waals surface area contributed by atoms with E-state index in [0.29, 0.717) is 42.1 Å². The molecule has 0 spiro atoms. The van der Waals surface area contributed by atoms with Crippen molar-refractivity contribution >= 4 is 23.4 Å². The van der Waals surface area contributed by atoms with Crippen molar-refractivity contribution in [3.8, 4) is 0 Å². The van der Waals surface area contributed by atoms with E-state index in [1.165, 1.54) is 17.0 Å². The molecule has 2 aromatic carbocycles. The highest BCUT2D eigenvalue weighted by Crippen LogP contribution is 2.35. The van der Waals surface area contributed by atoms with Crippen LogP contribution >= 0.6 is 0 Å². The fraction of sp³-hybridized carbons (Fsp3) is 0.464. The summed E-state index contributed by atoms with van der Waals surface area (Å²) in [6.45, 7) is 5.92. The summed E-state index contributed by atoms with van der Waals surface area (Å²) in [6, 6.07) is 11.3. The first kappa shape index (κ1) is 24.4. The van der Waals surface area contributed by atoms with Crippen LogP contribution in [0.1, 0.15) is 65.8 Å². The van der Waals surface area contributed by atoms with E-state index in [9.17, 15) is 18.8 Å². The van der Waals surface area contributed by atoms with Crippen molar-refractivity contribution in [3.63, 3.8) is 0 Å². The number of ether oxygens (including phenoxy) is 1. The largest absolute Gasteiger partial charge is 0.375 e. The summed E-state index contributed by atoms with van der Waals surface area (Å²) < 4.78 is 19.4. The van der Waals surface area contributed by atoms with Crippen molar-refractivity contribution in [2.24, 2.45) is 5.92 Å². The minimum atomic E-state index is -0.410. The molecule has 1 N–H and O–H groups in total. The van der Waals surface area contributed by atoms with Gasteiger partial charge in [-0.05, 0) is 69.4 Å². The molecule has 0 aromatic heterocycles. The van der Waals surface area contributed by atoms with Gasteiger partial charge in [-0.1, -0.05) is 18.2 Å². The number of anilines is 1. The lowest BCUT2D eigenvalue weighted by Crippen LogP contribution is -2.50.